The van der Waals surface area contributed by atoms with Crippen LogP contribution in [0.2, 0.25) is 0 Å². The third-order valence-corrected chi connectivity index (χ3v) is 7.10. The summed E-state index contributed by atoms with van der Waals surface area (Å²) in [6, 6.07) is 8.70. The van der Waals surface area contributed by atoms with E-state index in [0.717, 1.165) is 15.4 Å². The number of nitrogens with one attached hydrogen (secondary N) is 1. The van der Waals surface area contributed by atoms with E-state index in [1.165, 1.54) is 21.3 Å². The first-order valence-corrected chi connectivity index (χ1v) is 10.4. The number of ether oxygens (including phenoxy) is 2. The van der Waals surface area contributed by atoms with E-state index in [0.29, 0.717) is 34.0 Å². The number of benzene rings is 2. The first-order valence-electron chi connectivity index (χ1n) is 8.96. The summed E-state index contributed by atoms with van der Waals surface area (Å²) in [4.78, 5) is 12.7. The molecule has 0 atom stereocenters. The number of carbonyl (C=O) groups excluding carboxylic acids is 1. The minimum absolute atomic E-state index is 0.294. The molecule has 2 aromatic rings. The molecule has 0 spiro atoms. The molecule has 1 aliphatic rings. The van der Waals surface area contributed by atoms with Crippen molar-refractivity contribution in [1.29, 1.82) is 0 Å². The Morgan fingerprint density at radius 3 is 2.17 bits per heavy atom. The number of carbonyl (C=O) groups is 1. The number of fused-ring (bicyclic) bond motifs is 1. The van der Waals surface area contributed by atoms with Crippen LogP contribution < -0.4 is 19.1 Å². The Morgan fingerprint density at radius 2 is 1.59 bits per heavy atom. The minimum Gasteiger partial charge on any atom is -0.493 e. The number of sulfonamides is 1. The maximum Gasteiger partial charge on any atom is 0.269 e. The van der Waals surface area contributed by atoms with Gasteiger partial charge in [-0.15, -0.1) is 0 Å². The lowest BCUT2D eigenvalue weighted by Crippen LogP contribution is -2.36. The van der Waals surface area contributed by atoms with Crippen LogP contribution in [0.25, 0.3) is 5.57 Å². The van der Waals surface area contributed by atoms with Crippen LogP contribution in [-0.2, 0) is 14.8 Å². The highest BCUT2D eigenvalue weighted by Gasteiger charge is 2.38. The van der Waals surface area contributed by atoms with E-state index in [9.17, 15) is 13.2 Å². The van der Waals surface area contributed by atoms with Gasteiger partial charge in [-0.3, -0.25) is 9.10 Å². The van der Waals surface area contributed by atoms with Crippen LogP contribution in [-0.4, -0.2) is 35.6 Å². The molecule has 0 radical (unpaired) electrons. The molecule has 1 aliphatic heterocycles. The van der Waals surface area contributed by atoms with E-state index in [1.807, 2.05) is 26.0 Å². The van der Waals surface area contributed by atoms with Gasteiger partial charge in [-0.2, -0.15) is 0 Å². The van der Waals surface area contributed by atoms with E-state index < -0.39 is 15.9 Å². The summed E-state index contributed by atoms with van der Waals surface area (Å²) >= 11 is 0. The average Bonchev–Trinajstić information content (AvgIpc) is 2.68. The summed E-state index contributed by atoms with van der Waals surface area (Å²) in [7, 11) is 0.349. The number of anilines is 2. The molecule has 1 amide bonds. The fraction of sp³-hybridized carbons (Fsp3) is 0.286. The molecule has 2 aromatic carbocycles. The van der Waals surface area contributed by atoms with Crippen molar-refractivity contribution in [2.24, 2.45) is 0 Å². The SMILES string of the molecule is COc1cc2c(cc1OC)N(C)S(=O)(=O)C(C(=O)Nc1ccc(C)c(C)c1)=C2C. The van der Waals surface area contributed by atoms with E-state index >= 15 is 0 Å². The number of allylic oxidation sites excluding steroid dienone is 1. The van der Waals surface area contributed by atoms with Crippen LogP contribution in [0, 0.1) is 13.8 Å². The average molecular weight is 416 g/mol. The van der Waals surface area contributed by atoms with Crippen LogP contribution in [0.4, 0.5) is 11.4 Å². The zero-order chi connectivity index (χ0) is 21.5. The second kappa shape index (κ2) is 7.44. The van der Waals surface area contributed by atoms with Gasteiger partial charge in [0.2, 0.25) is 0 Å². The van der Waals surface area contributed by atoms with E-state index in [-0.39, 0.29) is 4.91 Å². The van der Waals surface area contributed by atoms with Gasteiger partial charge in [0.1, 0.15) is 0 Å². The van der Waals surface area contributed by atoms with Crippen LogP contribution >= 0.6 is 0 Å². The third-order valence-electron chi connectivity index (χ3n) is 5.18. The van der Waals surface area contributed by atoms with E-state index in [4.69, 9.17) is 9.47 Å². The van der Waals surface area contributed by atoms with Gasteiger partial charge in [0, 0.05) is 24.4 Å². The number of amides is 1. The van der Waals surface area contributed by atoms with Gasteiger partial charge in [0.25, 0.3) is 15.9 Å². The first-order chi connectivity index (χ1) is 13.6. The smallest absolute Gasteiger partial charge is 0.269 e. The summed E-state index contributed by atoms with van der Waals surface area (Å²) in [5.41, 5.74) is 3.97. The summed E-state index contributed by atoms with van der Waals surface area (Å²) in [6.45, 7) is 5.51. The third kappa shape index (κ3) is 3.44. The van der Waals surface area contributed by atoms with Gasteiger partial charge in [0.05, 0.1) is 19.9 Å². The van der Waals surface area contributed by atoms with Crippen molar-refractivity contribution in [2.45, 2.75) is 20.8 Å². The largest absolute Gasteiger partial charge is 0.493 e. The Balaban J connectivity index is 2.14. The van der Waals surface area contributed by atoms with Crippen molar-refractivity contribution in [2.75, 3.05) is 30.9 Å². The molecule has 0 aliphatic carbocycles. The number of hydrogen-bond acceptors (Lipinski definition) is 5. The summed E-state index contributed by atoms with van der Waals surface area (Å²) in [5, 5.41) is 2.71. The van der Waals surface area contributed by atoms with Crippen LogP contribution in [0.15, 0.2) is 35.2 Å². The highest BCUT2D eigenvalue weighted by molar-refractivity contribution is 7.97. The molecule has 0 saturated heterocycles. The molecule has 0 unspecified atom stereocenters. The Hall–Kier alpha value is -3.00. The highest BCUT2D eigenvalue weighted by atomic mass is 32.2. The Kier molecular flexibility index (Phi) is 5.32. The standard InChI is InChI=1S/C21H24N2O5S/c1-12-7-8-15(9-13(12)2)22-21(24)20-14(3)16-10-18(27-5)19(28-6)11-17(16)23(4)29(20,25)26/h7-11H,1-6H3,(H,22,24). The molecule has 154 valence electrons. The molecular weight excluding hydrogens is 392 g/mol. The van der Waals surface area contributed by atoms with Crippen molar-refractivity contribution in [3.05, 3.63) is 51.9 Å². The summed E-state index contributed by atoms with van der Waals surface area (Å²) in [6.07, 6.45) is 0. The van der Waals surface area contributed by atoms with Gasteiger partial charge in [-0.1, -0.05) is 6.07 Å². The number of aryl methyl sites for hydroxylation is 2. The normalized spacial score (nSPS) is 15.0. The summed E-state index contributed by atoms with van der Waals surface area (Å²) < 4.78 is 38.0. The van der Waals surface area contributed by atoms with Crippen molar-refractivity contribution >= 4 is 32.9 Å². The second-order valence-corrected chi connectivity index (χ2v) is 8.81. The van der Waals surface area contributed by atoms with E-state index in [1.54, 1.807) is 25.1 Å². The van der Waals surface area contributed by atoms with Gasteiger partial charge >= 0.3 is 0 Å². The number of hydrogen-bond donors (Lipinski definition) is 1. The summed E-state index contributed by atoms with van der Waals surface area (Å²) in [5.74, 6) is 0.175. The maximum absolute atomic E-state index is 13.1. The zero-order valence-electron chi connectivity index (χ0n) is 17.3. The molecule has 29 heavy (non-hydrogen) atoms. The molecule has 1 N–H and O–H groups in total. The Labute approximate surface area is 171 Å². The van der Waals surface area contributed by atoms with Crippen molar-refractivity contribution < 1.29 is 22.7 Å². The topological polar surface area (TPSA) is 84.9 Å². The first kappa shape index (κ1) is 20.7. The minimum atomic E-state index is -4.04. The van der Waals surface area contributed by atoms with Crippen molar-refractivity contribution in [1.82, 2.24) is 0 Å². The molecule has 0 aromatic heterocycles. The molecular formula is C21H24N2O5S. The molecule has 3 rings (SSSR count). The van der Waals surface area contributed by atoms with Gasteiger partial charge < -0.3 is 14.8 Å². The van der Waals surface area contributed by atoms with Crippen LogP contribution in [0.1, 0.15) is 23.6 Å². The Morgan fingerprint density at radius 1 is 0.966 bits per heavy atom. The fourth-order valence-corrected chi connectivity index (χ4v) is 4.77. The molecule has 0 saturated carbocycles. The van der Waals surface area contributed by atoms with Crippen molar-refractivity contribution in [3.8, 4) is 11.5 Å². The monoisotopic (exact) mass is 416 g/mol. The lowest BCUT2D eigenvalue weighted by Gasteiger charge is -2.30. The number of rotatable bonds is 4. The zero-order valence-corrected chi connectivity index (χ0v) is 18.1. The molecule has 0 fully saturated rings. The molecule has 8 heteroatoms. The predicted molar refractivity (Wildman–Crippen MR) is 114 cm³/mol. The second-order valence-electron chi connectivity index (χ2n) is 6.90. The molecule has 7 nitrogen and oxygen atoms in total. The number of methoxy groups -OCH3 is 2. The molecule has 0 bridgehead atoms. The highest BCUT2D eigenvalue weighted by Crippen LogP contribution is 2.44. The molecule has 1 heterocycles. The fourth-order valence-electron chi connectivity index (χ4n) is 3.31. The maximum atomic E-state index is 13.1. The van der Waals surface area contributed by atoms with Gasteiger partial charge in [-0.25, -0.2) is 8.42 Å². The predicted octanol–water partition coefficient (Wildman–Crippen LogP) is 3.47. The lowest BCUT2D eigenvalue weighted by molar-refractivity contribution is -0.112. The van der Waals surface area contributed by atoms with Gasteiger partial charge in [0.15, 0.2) is 16.4 Å². The van der Waals surface area contributed by atoms with E-state index in [2.05, 4.69) is 5.32 Å². The van der Waals surface area contributed by atoms with Gasteiger partial charge in [-0.05, 0) is 55.7 Å². The lowest BCUT2D eigenvalue weighted by atomic mass is 10.0. The van der Waals surface area contributed by atoms with Crippen LogP contribution in [0.5, 0.6) is 11.5 Å². The number of nitrogens with zero attached hydrogens (tertiary/aromatic N) is 1. The van der Waals surface area contributed by atoms with Crippen LogP contribution in [0.3, 0.4) is 0 Å². The quantitative estimate of drug-likeness (QED) is 0.825. The van der Waals surface area contributed by atoms with Crippen molar-refractivity contribution in [3.63, 3.8) is 0 Å². The Bertz CT molecular complexity index is 1140.